The number of hydrogen-bond acceptors (Lipinski definition) is 4. The van der Waals surface area contributed by atoms with Crippen LogP contribution < -0.4 is 5.32 Å². The Kier molecular flexibility index (Phi) is 5.87. The fourth-order valence-corrected chi connectivity index (χ4v) is 1.92. The summed E-state index contributed by atoms with van der Waals surface area (Å²) >= 11 is 2.89. The number of carboxylic acid groups (broad SMARTS) is 1. The average Bonchev–Trinajstić information content (AvgIpc) is 2.37. The summed E-state index contributed by atoms with van der Waals surface area (Å²) in [4.78, 5) is 20.9. The summed E-state index contributed by atoms with van der Waals surface area (Å²) in [5, 5.41) is 22.3. The van der Waals surface area contributed by atoms with Gasteiger partial charge < -0.3 is 10.4 Å². The van der Waals surface area contributed by atoms with Crippen LogP contribution in [-0.4, -0.2) is 22.5 Å². The summed E-state index contributed by atoms with van der Waals surface area (Å²) in [5.74, 6) is -1.96. The molecule has 0 amide bonds. The van der Waals surface area contributed by atoms with Gasteiger partial charge in [0.2, 0.25) is 0 Å². The quantitative estimate of drug-likeness (QED) is 0.447. The van der Waals surface area contributed by atoms with Gasteiger partial charge >= 0.3 is 5.97 Å². The molecule has 0 saturated carbocycles. The number of halogens is 2. The van der Waals surface area contributed by atoms with Crippen LogP contribution in [0, 0.1) is 21.8 Å². The van der Waals surface area contributed by atoms with Crippen LogP contribution in [0.3, 0.4) is 0 Å². The molecule has 0 spiro atoms. The number of rotatable bonds is 7. The number of anilines is 1. The summed E-state index contributed by atoms with van der Waals surface area (Å²) in [6.07, 6.45) is 0.956. The van der Waals surface area contributed by atoms with Crippen molar-refractivity contribution >= 4 is 33.3 Å². The molecule has 0 aromatic heterocycles. The van der Waals surface area contributed by atoms with E-state index in [4.69, 9.17) is 5.11 Å². The van der Waals surface area contributed by atoms with E-state index in [9.17, 15) is 19.3 Å². The molecule has 6 nitrogen and oxygen atoms in total. The van der Waals surface area contributed by atoms with Gasteiger partial charge in [-0.05, 0) is 28.8 Å². The number of nitro benzene ring substituents is 1. The van der Waals surface area contributed by atoms with Crippen LogP contribution in [0.5, 0.6) is 0 Å². The first-order valence-corrected chi connectivity index (χ1v) is 6.72. The lowest BCUT2D eigenvalue weighted by atomic mass is 10.1. The van der Waals surface area contributed by atoms with E-state index < -0.39 is 22.6 Å². The third-order valence-electron chi connectivity index (χ3n) is 2.79. The molecule has 1 unspecified atom stereocenters. The highest BCUT2D eigenvalue weighted by Gasteiger charge is 2.17. The monoisotopic (exact) mass is 348 g/mol. The van der Waals surface area contributed by atoms with E-state index in [1.807, 2.05) is 0 Å². The second-order valence-corrected chi connectivity index (χ2v) is 5.20. The zero-order valence-corrected chi connectivity index (χ0v) is 12.3. The molecular formula is C12H14BrFN2O4. The number of hydrogen-bond donors (Lipinski definition) is 2. The van der Waals surface area contributed by atoms with Gasteiger partial charge in [-0.25, -0.2) is 4.39 Å². The normalized spacial score (nSPS) is 11.9. The van der Waals surface area contributed by atoms with Gasteiger partial charge in [0.15, 0.2) is 0 Å². The molecule has 0 aliphatic heterocycles. The van der Waals surface area contributed by atoms with E-state index in [-0.39, 0.29) is 15.8 Å². The number of benzene rings is 1. The third kappa shape index (κ3) is 4.44. The highest BCUT2D eigenvalue weighted by molar-refractivity contribution is 9.10. The molecule has 8 heteroatoms. The molecule has 0 fully saturated rings. The molecule has 20 heavy (non-hydrogen) atoms. The van der Waals surface area contributed by atoms with E-state index in [0.29, 0.717) is 19.4 Å². The Morgan fingerprint density at radius 3 is 2.80 bits per heavy atom. The highest BCUT2D eigenvalue weighted by atomic mass is 79.9. The van der Waals surface area contributed by atoms with E-state index in [1.165, 1.54) is 0 Å². The number of carboxylic acids is 1. The zero-order chi connectivity index (χ0) is 15.3. The minimum Gasteiger partial charge on any atom is -0.481 e. The summed E-state index contributed by atoms with van der Waals surface area (Å²) in [5.41, 5.74) is -0.150. The first-order chi connectivity index (χ1) is 9.32. The fourth-order valence-electron chi connectivity index (χ4n) is 1.58. The maximum absolute atomic E-state index is 13.4. The second kappa shape index (κ2) is 7.18. The van der Waals surface area contributed by atoms with Crippen molar-refractivity contribution in [2.24, 2.45) is 5.92 Å². The van der Waals surface area contributed by atoms with Crippen LogP contribution in [0.25, 0.3) is 0 Å². The summed E-state index contributed by atoms with van der Waals surface area (Å²) in [7, 11) is 0. The standard InChI is InChI=1S/C12H14BrFN2O4/c1-7(12(17)18)3-2-4-15-10-6-9(14)8(13)5-11(10)16(19)20/h5-7,15H,2-4H2,1H3,(H,17,18). The second-order valence-electron chi connectivity index (χ2n) is 4.35. The van der Waals surface area contributed by atoms with E-state index in [1.54, 1.807) is 6.92 Å². The molecule has 1 aromatic rings. The molecule has 2 N–H and O–H groups in total. The summed E-state index contributed by atoms with van der Waals surface area (Å²) < 4.78 is 13.4. The van der Waals surface area contributed by atoms with Crippen LogP contribution >= 0.6 is 15.9 Å². The molecule has 1 atom stereocenters. The molecule has 0 saturated heterocycles. The van der Waals surface area contributed by atoms with Crippen molar-refractivity contribution in [3.63, 3.8) is 0 Å². The Morgan fingerprint density at radius 1 is 1.60 bits per heavy atom. The maximum atomic E-state index is 13.4. The number of aliphatic carboxylic acids is 1. The lowest BCUT2D eigenvalue weighted by Crippen LogP contribution is -2.12. The van der Waals surface area contributed by atoms with Gasteiger partial charge in [-0.2, -0.15) is 0 Å². The molecule has 0 aliphatic rings. The van der Waals surface area contributed by atoms with Gasteiger partial charge in [-0.1, -0.05) is 6.92 Å². The zero-order valence-electron chi connectivity index (χ0n) is 10.7. The average molecular weight is 349 g/mol. The van der Waals surface area contributed by atoms with Gasteiger partial charge in [0.1, 0.15) is 11.5 Å². The van der Waals surface area contributed by atoms with Crippen LogP contribution in [0.2, 0.25) is 0 Å². The maximum Gasteiger partial charge on any atom is 0.306 e. The Hall–Kier alpha value is -1.70. The van der Waals surface area contributed by atoms with Crippen molar-refractivity contribution in [1.82, 2.24) is 0 Å². The van der Waals surface area contributed by atoms with Crippen molar-refractivity contribution in [2.75, 3.05) is 11.9 Å². The Labute approximate surface area is 123 Å². The summed E-state index contributed by atoms with van der Waals surface area (Å²) in [6, 6.07) is 2.14. The van der Waals surface area contributed by atoms with Gasteiger partial charge in [-0.3, -0.25) is 14.9 Å². The molecule has 0 radical (unpaired) electrons. The van der Waals surface area contributed by atoms with E-state index >= 15 is 0 Å². The smallest absolute Gasteiger partial charge is 0.306 e. The molecule has 1 aromatic carbocycles. The predicted molar refractivity (Wildman–Crippen MR) is 75.3 cm³/mol. The number of nitrogens with one attached hydrogen (secondary N) is 1. The largest absolute Gasteiger partial charge is 0.481 e. The number of carbonyl (C=O) groups is 1. The van der Waals surface area contributed by atoms with Crippen molar-refractivity contribution < 1.29 is 19.2 Å². The topological polar surface area (TPSA) is 92.5 Å². The van der Waals surface area contributed by atoms with Gasteiger partial charge in [-0.15, -0.1) is 0 Å². The molecular weight excluding hydrogens is 335 g/mol. The minimum absolute atomic E-state index is 0.0225. The van der Waals surface area contributed by atoms with Crippen molar-refractivity contribution in [1.29, 1.82) is 0 Å². The molecule has 1 rings (SSSR count). The van der Waals surface area contributed by atoms with Gasteiger partial charge in [0.05, 0.1) is 15.3 Å². The molecule has 0 aliphatic carbocycles. The van der Waals surface area contributed by atoms with Crippen molar-refractivity contribution in [3.05, 3.63) is 32.5 Å². The first-order valence-electron chi connectivity index (χ1n) is 5.93. The van der Waals surface area contributed by atoms with Crippen LogP contribution in [-0.2, 0) is 4.79 Å². The third-order valence-corrected chi connectivity index (χ3v) is 3.39. The molecule has 0 bridgehead atoms. The predicted octanol–water partition coefficient (Wildman–Crippen LogP) is 3.41. The minimum atomic E-state index is -0.884. The van der Waals surface area contributed by atoms with Gasteiger partial charge in [0, 0.05) is 18.7 Å². The van der Waals surface area contributed by atoms with E-state index in [2.05, 4.69) is 21.2 Å². The van der Waals surface area contributed by atoms with Crippen molar-refractivity contribution in [2.45, 2.75) is 19.8 Å². The lowest BCUT2D eigenvalue weighted by Gasteiger charge is -2.09. The first kappa shape index (κ1) is 16.4. The summed E-state index contributed by atoms with van der Waals surface area (Å²) in [6.45, 7) is 1.92. The SMILES string of the molecule is CC(CCCNc1cc(F)c(Br)cc1[N+](=O)[O-])C(=O)O. The van der Waals surface area contributed by atoms with E-state index in [0.717, 1.165) is 12.1 Å². The highest BCUT2D eigenvalue weighted by Crippen LogP contribution is 2.30. The number of nitrogens with zero attached hydrogens (tertiary/aromatic N) is 1. The Bertz CT molecular complexity index is 524. The molecule has 110 valence electrons. The van der Waals surface area contributed by atoms with Crippen LogP contribution in [0.15, 0.2) is 16.6 Å². The number of nitro groups is 1. The lowest BCUT2D eigenvalue weighted by molar-refractivity contribution is -0.384. The van der Waals surface area contributed by atoms with Crippen LogP contribution in [0.1, 0.15) is 19.8 Å². The Balaban J connectivity index is 2.66. The van der Waals surface area contributed by atoms with Gasteiger partial charge in [0.25, 0.3) is 5.69 Å². The van der Waals surface area contributed by atoms with Crippen LogP contribution in [0.4, 0.5) is 15.8 Å². The van der Waals surface area contributed by atoms with Crippen molar-refractivity contribution in [3.8, 4) is 0 Å². The molecule has 0 heterocycles. The fraction of sp³-hybridized carbons (Fsp3) is 0.417. The Morgan fingerprint density at radius 2 is 2.25 bits per heavy atom.